The molecule has 7 heteroatoms. The van der Waals surface area contributed by atoms with Crippen molar-refractivity contribution in [3.8, 4) is 0 Å². The van der Waals surface area contributed by atoms with Crippen molar-refractivity contribution in [2.45, 2.75) is 0 Å². The van der Waals surface area contributed by atoms with Crippen molar-refractivity contribution in [2.24, 2.45) is 0 Å². The van der Waals surface area contributed by atoms with Gasteiger partial charge in [-0.15, -0.1) is 0 Å². The molecule has 0 aromatic heterocycles. The van der Waals surface area contributed by atoms with Gasteiger partial charge in [0.1, 0.15) is 5.82 Å². The van der Waals surface area contributed by atoms with Crippen LogP contribution < -0.4 is 10.6 Å². The third kappa shape index (κ3) is 4.58. The Balaban J connectivity index is 2.05. The summed E-state index contributed by atoms with van der Waals surface area (Å²) in [6, 6.07) is 11.8. The van der Waals surface area contributed by atoms with E-state index in [2.05, 4.69) is 33.2 Å². The lowest BCUT2D eigenvalue weighted by atomic mass is 10.2. The molecule has 0 aliphatic carbocycles. The number of nitrogens with one attached hydrogen (secondary N) is 2. The first-order valence-corrected chi connectivity index (χ1v) is 8.36. The van der Waals surface area contributed by atoms with Crippen LogP contribution in [0.5, 0.6) is 0 Å². The molecule has 2 N–H and O–H groups in total. The highest BCUT2D eigenvalue weighted by molar-refractivity contribution is 14.1. The number of anilines is 1. The quantitative estimate of drug-likeness (QED) is 0.457. The Labute approximate surface area is 154 Å². The normalized spacial score (nSPS) is 10.0. The minimum atomic E-state index is -0.423. The van der Waals surface area contributed by atoms with Crippen molar-refractivity contribution >= 4 is 74.1 Å². The molecule has 0 spiro atoms. The molecule has 0 heterocycles. The van der Waals surface area contributed by atoms with Crippen LogP contribution in [0.1, 0.15) is 10.4 Å². The maximum atomic E-state index is 13.7. The summed E-state index contributed by atoms with van der Waals surface area (Å²) in [6.45, 7) is 0. The van der Waals surface area contributed by atoms with E-state index in [9.17, 15) is 9.18 Å². The topological polar surface area (TPSA) is 41.1 Å². The second-order valence-electron chi connectivity index (χ2n) is 4.01. The maximum absolute atomic E-state index is 13.7. The first-order valence-electron chi connectivity index (χ1n) is 5.79. The second kappa shape index (κ2) is 7.45. The number of amides is 1. The van der Waals surface area contributed by atoms with Gasteiger partial charge in [-0.05, 0) is 87.7 Å². The fourth-order valence-electron chi connectivity index (χ4n) is 1.56. The molecular weight excluding hydrogens is 517 g/mol. The summed E-state index contributed by atoms with van der Waals surface area (Å²) in [4.78, 5) is 12.1. The summed E-state index contributed by atoms with van der Waals surface area (Å²) in [6.07, 6.45) is 0. The number of thiocarbonyl (C=S) groups is 1. The molecule has 108 valence electrons. The van der Waals surface area contributed by atoms with Crippen LogP contribution in [0.15, 0.2) is 42.5 Å². The van der Waals surface area contributed by atoms with E-state index in [0.717, 1.165) is 7.14 Å². The largest absolute Gasteiger partial charge is 0.330 e. The Kier molecular flexibility index (Phi) is 5.88. The van der Waals surface area contributed by atoms with Gasteiger partial charge in [-0.1, -0.05) is 12.1 Å². The fourth-order valence-corrected chi connectivity index (χ4v) is 2.85. The number of rotatable bonds is 2. The van der Waals surface area contributed by atoms with Crippen LogP contribution >= 0.6 is 57.4 Å². The lowest BCUT2D eigenvalue weighted by Gasteiger charge is -2.11. The minimum Gasteiger partial charge on any atom is -0.330 e. The van der Waals surface area contributed by atoms with Gasteiger partial charge < -0.3 is 5.32 Å². The Hall–Kier alpha value is -0.810. The van der Waals surface area contributed by atoms with Crippen molar-refractivity contribution in [1.82, 2.24) is 5.32 Å². The fraction of sp³-hybridized carbons (Fsp3) is 0. The Morgan fingerprint density at radius 1 is 1.14 bits per heavy atom. The highest BCUT2D eigenvalue weighted by Gasteiger charge is 2.12. The number of hydrogen-bond donors (Lipinski definition) is 2. The molecule has 2 aromatic rings. The van der Waals surface area contributed by atoms with Crippen LogP contribution in [0, 0.1) is 13.0 Å². The molecule has 1 amide bonds. The molecule has 2 rings (SSSR count). The Bertz CT molecular complexity index is 709. The number of halogens is 3. The summed E-state index contributed by atoms with van der Waals surface area (Å²) in [5.41, 5.74) is 0.744. The van der Waals surface area contributed by atoms with Crippen LogP contribution in [0.25, 0.3) is 0 Å². The summed E-state index contributed by atoms with van der Waals surface area (Å²) >= 11 is 9.12. The Morgan fingerprint density at radius 2 is 1.86 bits per heavy atom. The van der Waals surface area contributed by atoms with Crippen molar-refractivity contribution in [3.05, 3.63) is 61.0 Å². The summed E-state index contributed by atoms with van der Waals surface area (Å²) in [5, 5.41) is 5.27. The zero-order valence-electron chi connectivity index (χ0n) is 10.5. The van der Waals surface area contributed by atoms with E-state index in [0.29, 0.717) is 5.56 Å². The van der Waals surface area contributed by atoms with Gasteiger partial charge in [0.15, 0.2) is 5.11 Å². The lowest BCUT2D eigenvalue weighted by Crippen LogP contribution is -2.34. The van der Waals surface area contributed by atoms with Gasteiger partial charge in [-0.2, -0.15) is 0 Å². The number of carbonyl (C=O) groups is 1. The molecule has 0 saturated heterocycles. The van der Waals surface area contributed by atoms with Gasteiger partial charge in [-0.3, -0.25) is 10.1 Å². The second-order valence-corrected chi connectivity index (χ2v) is 6.83. The van der Waals surface area contributed by atoms with E-state index in [4.69, 9.17) is 12.2 Å². The number of hydrogen-bond acceptors (Lipinski definition) is 2. The van der Waals surface area contributed by atoms with Gasteiger partial charge >= 0.3 is 0 Å². The molecule has 0 radical (unpaired) electrons. The van der Waals surface area contributed by atoms with E-state index in [-0.39, 0.29) is 16.7 Å². The van der Waals surface area contributed by atoms with Crippen LogP contribution in [0.4, 0.5) is 10.1 Å². The molecule has 0 atom stereocenters. The molecule has 0 unspecified atom stereocenters. The van der Waals surface area contributed by atoms with E-state index in [1.54, 1.807) is 24.3 Å². The molecule has 3 nitrogen and oxygen atoms in total. The van der Waals surface area contributed by atoms with Crippen LogP contribution in [-0.4, -0.2) is 11.0 Å². The van der Waals surface area contributed by atoms with Gasteiger partial charge in [-0.25, -0.2) is 4.39 Å². The van der Waals surface area contributed by atoms with Gasteiger partial charge in [0.25, 0.3) is 5.91 Å². The molecular formula is C14H9FI2N2OS. The van der Waals surface area contributed by atoms with E-state index >= 15 is 0 Å². The monoisotopic (exact) mass is 526 g/mol. The third-order valence-corrected chi connectivity index (χ3v) is 4.34. The predicted molar refractivity (Wildman–Crippen MR) is 102 cm³/mol. The molecule has 0 aliphatic rings. The molecule has 2 aromatic carbocycles. The standard InChI is InChI=1S/C14H9FI2N2OS/c15-10-7-8(16)5-6-12(10)18-14(21)19-13(20)9-3-1-2-4-11(9)17/h1-7H,(H2,18,19,20,21). The summed E-state index contributed by atoms with van der Waals surface area (Å²) in [5.74, 6) is -0.754. The SMILES string of the molecule is O=C(NC(=S)Nc1ccc(I)cc1F)c1ccccc1I. The first kappa shape index (κ1) is 16.6. The van der Waals surface area contributed by atoms with E-state index in [1.165, 1.54) is 6.07 Å². The van der Waals surface area contributed by atoms with Crippen molar-refractivity contribution < 1.29 is 9.18 Å². The number of benzene rings is 2. The highest BCUT2D eigenvalue weighted by atomic mass is 127. The molecule has 0 aliphatic heterocycles. The molecule has 0 fully saturated rings. The molecule has 0 saturated carbocycles. The van der Waals surface area contributed by atoms with Crippen molar-refractivity contribution in [2.75, 3.05) is 5.32 Å². The molecule has 21 heavy (non-hydrogen) atoms. The van der Waals surface area contributed by atoms with Crippen LogP contribution in [0.2, 0.25) is 0 Å². The average molecular weight is 526 g/mol. The van der Waals surface area contributed by atoms with Crippen molar-refractivity contribution in [1.29, 1.82) is 0 Å². The smallest absolute Gasteiger partial charge is 0.258 e. The lowest BCUT2D eigenvalue weighted by molar-refractivity contribution is 0.0977. The minimum absolute atomic E-state index is 0.0553. The van der Waals surface area contributed by atoms with Crippen LogP contribution in [0.3, 0.4) is 0 Å². The average Bonchev–Trinajstić information content (AvgIpc) is 2.42. The maximum Gasteiger partial charge on any atom is 0.258 e. The van der Waals surface area contributed by atoms with Crippen LogP contribution in [-0.2, 0) is 0 Å². The van der Waals surface area contributed by atoms with E-state index < -0.39 is 5.82 Å². The summed E-state index contributed by atoms with van der Waals surface area (Å²) in [7, 11) is 0. The first-order chi connectivity index (χ1) is 9.97. The Morgan fingerprint density at radius 3 is 2.52 bits per heavy atom. The third-order valence-electron chi connectivity index (χ3n) is 2.52. The van der Waals surface area contributed by atoms with Crippen molar-refractivity contribution in [3.63, 3.8) is 0 Å². The van der Waals surface area contributed by atoms with Gasteiger partial charge in [0.05, 0.1) is 11.3 Å². The number of carbonyl (C=O) groups excluding carboxylic acids is 1. The molecule has 0 bridgehead atoms. The van der Waals surface area contributed by atoms with Gasteiger partial charge in [0, 0.05) is 7.14 Å². The van der Waals surface area contributed by atoms with Gasteiger partial charge in [0.2, 0.25) is 0 Å². The van der Waals surface area contributed by atoms with E-state index in [1.807, 2.05) is 34.7 Å². The predicted octanol–water partition coefficient (Wildman–Crippen LogP) is 4.16. The summed E-state index contributed by atoms with van der Waals surface area (Å²) < 4.78 is 15.3. The zero-order valence-corrected chi connectivity index (χ0v) is 15.6. The highest BCUT2D eigenvalue weighted by Crippen LogP contribution is 2.17. The zero-order chi connectivity index (χ0) is 15.4.